The number of hydrogen-bond acceptors (Lipinski definition) is 6. The number of rotatable bonds is 4. The predicted octanol–water partition coefficient (Wildman–Crippen LogP) is 6.04. The van der Waals surface area contributed by atoms with Crippen molar-refractivity contribution in [1.82, 2.24) is 9.97 Å². The molecule has 0 aliphatic heterocycles. The van der Waals surface area contributed by atoms with Gasteiger partial charge in [0.05, 0.1) is 11.6 Å². The van der Waals surface area contributed by atoms with Crippen LogP contribution in [0.3, 0.4) is 0 Å². The molecule has 1 N–H and O–H groups in total. The SMILES string of the molecule is Brc1ccc(-c2ccc(C=NNc3ncnc4sc5c(c34)CCCC5)o2)cc1. The zero-order chi connectivity index (χ0) is 18.9. The fourth-order valence-electron chi connectivity index (χ4n) is 3.52. The number of furan rings is 1. The summed E-state index contributed by atoms with van der Waals surface area (Å²) < 4.78 is 6.92. The molecule has 5 rings (SSSR count). The first-order chi connectivity index (χ1) is 13.8. The van der Waals surface area contributed by atoms with Gasteiger partial charge in [0, 0.05) is 14.9 Å². The molecule has 0 spiro atoms. The van der Waals surface area contributed by atoms with Crippen LogP contribution in [0.2, 0.25) is 0 Å². The molecule has 0 saturated carbocycles. The first-order valence-electron chi connectivity index (χ1n) is 9.18. The smallest absolute Gasteiger partial charge is 0.158 e. The van der Waals surface area contributed by atoms with Crippen molar-refractivity contribution in [2.75, 3.05) is 5.43 Å². The van der Waals surface area contributed by atoms with Crippen LogP contribution in [-0.2, 0) is 12.8 Å². The van der Waals surface area contributed by atoms with Gasteiger partial charge in [0.2, 0.25) is 0 Å². The Balaban J connectivity index is 1.37. The van der Waals surface area contributed by atoms with Crippen molar-refractivity contribution in [1.29, 1.82) is 0 Å². The third kappa shape index (κ3) is 3.36. The van der Waals surface area contributed by atoms with Gasteiger partial charge in [0.15, 0.2) is 5.82 Å². The number of fused-ring (bicyclic) bond motifs is 3. The van der Waals surface area contributed by atoms with Gasteiger partial charge in [-0.15, -0.1) is 11.3 Å². The van der Waals surface area contributed by atoms with E-state index in [0.717, 1.165) is 44.7 Å². The molecule has 0 atom stereocenters. The van der Waals surface area contributed by atoms with E-state index in [1.54, 1.807) is 23.9 Å². The summed E-state index contributed by atoms with van der Waals surface area (Å²) in [4.78, 5) is 11.3. The van der Waals surface area contributed by atoms with E-state index in [1.165, 1.54) is 23.3 Å². The third-order valence-electron chi connectivity index (χ3n) is 4.87. The number of aryl methyl sites for hydroxylation is 2. The number of anilines is 1. The Labute approximate surface area is 174 Å². The van der Waals surface area contributed by atoms with Gasteiger partial charge in [-0.2, -0.15) is 5.10 Å². The Morgan fingerprint density at radius 2 is 1.93 bits per heavy atom. The maximum atomic E-state index is 5.88. The monoisotopic (exact) mass is 452 g/mol. The topological polar surface area (TPSA) is 63.3 Å². The van der Waals surface area contributed by atoms with E-state index in [0.29, 0.717) is 5.76 Å². The van der Waals surface area contributed by atoms with E-state index in [2.05, 4.69) is 36.4 Å². The lowest BCUT2D eigenvalue weighted by atomic mass is 9.97. The molecule has 1 aliphatic rings. The van der Waals surface area contributed by atoms with E-state index in [4.69, 9.17) is 4.42 Å². The maximum absolute atomic E-state index is 5.88. The quantitative estimate of drug-likeness (QED) is 0.302. The minimum atomic E-state index is 0.683. The molecule has 0 fully saturated rings. The number of benzene rings is 1. The summed E-state index contributed by atoms with van der Waals surface area (Å²) in [7, 11) is 0. The summed E-state index contributed by atoms with van der Waals surface area (Å²) in [5, 5.41) is 5.47. The van der Waals surface area contributed by atoms with Crippen molar-refractivity contribution in [2.24, 2.45) is 5.10 Å². The van der Waals surface area contributed by atoms with Crippen LogP contribution < -0.4 is 5.43 Å². The highest BCUT2D eigenvalue weighted by Gasteiger charge is 2.19. The van der Waals surface area contributed by atoms with Crippen LogP contribution in [0.15, 0.2) is 56.7 Å². The number of hydrazone groups is 1. The molecule has 28 heavy (non-hydrogen) atoms. The molecular formula is C21H17BrN4OS. The second-order valence-electron chi connectivity index (χ2n) is 6.69. The molecule has 5 nitrogen and oxygen atoms in total. The minimum Gasteiger partial charge on any atom is -0.455 e. The number of nitrogens with zero attached hydrogens (tertiary/aromatic N) is 3. The van der Waals surface area contributed by atoms with Crippen molar-refractivity contribution in [3.63, 3.8) is 0 Å². The second-order valence-corrected chi connectivity index (χ2v) is 8.69. The Bertz CT molecular complexity index is 1160. The number of hydrogen-bond donors (Lipinski definition) is 1. The molecule has 0 radical (unpaired) electrons. The number of halogens is 1. The van der Waals surface area contributed by atoms with Crippen LogP contribution in [0.4, 0.5) is 5.82 Å². The molecule has 4 aromatic rings. The zero-order valence-electron chi connectivity index (χ0n) is 15.0. The highest BCUT2D eigenvalue weighted by atomic mass is 79.9. The second kappa shape index (κ2) is 7.48. The molecule has 0 unspecified atom stereocenters. The van der Waals surface area contributed by atoms with E-state index in [1.807, 2.05) is 36.4 Å². The first kappa shape index (κ1) is 17.6. The zero-order valence-corrected chi connectivity index (χ0v) is 17.4. The largest absolute Gasteiger partial charge is 0.455 e. The van der Waals surface area contributed by atoms with Gasteiger partial charge in [-0.3, -0.25) is 5.43 Å². The Morgan fingerprint density at radius 1 is 1.07 bits per heavy atom. The molecule has 3 heterocycles. The third-order valence-corrected chi connectivity index (χ3v) is 6.60. The van der Waals surface area contributed by atoms with Gasteiger partial charge in [-0.25, -0.2) is 9.97 Å². The predicted molar refractivity (Wildman–Crippen MR) is 117 cm³/mol. The normalized spacial score (nSPS) is 13.9. The molecule has 0 saturated heterocycles. The van der Waals surface area contributed by atoms with E-state index in [9.17, 15) is 0 Å². The summed E-state index contributed by atoms with van der Waals surface area (Å²) in [6.45, 7) is 0. The number of nitrogens with one attached hydrogen (secondary N) is 1. The van der Waals surface area contributed by atoms with E-state index < -0.39 is 0 Å². The van der Waals surface area contributed by atoms with Crippen molar-refractivity contribution >= 4 is 49.5 Å². The molecule has 0 amide bonds. The summed E-state index contributed by atoms with van der Waals surface area (Å²) in [5.41, 5.74) is 5.50. The standard InChI is InChI=1S/C21H17BrN4OS/c22-14-7-5-13(6-8-14)17-10-9-15(27-17)11-25-26-20-19-16-3-1-2-4-18(16)28-21(19)24-12-23-20/h5-12H,1-4H2,(H,23,24,26). The van der Waals surface area contributed by atoms with Crippen LogP contribution in [-0.4, -0.2) is 16.2 Å². The van der Waals surface area contributed by atoms with Gasteiger partial charge in [-0.1, -0.05) is 28.1 Å². The van der Waals surface area contributed by atoms with Crippen molar-refractivity contribution < 1.29 is 4.42 Å². The molecule has 140 valence electrons. The van der Waals surface area contributed by atoms with Crippen LogP contribution in [0.25, 0.3) is 21.5 Å². The van der Waals surface area contributed by atoms with E-state index in [-0.39, 0.29) is 0 Å². The number of thiophene rings is 1. The Morgan fingerprint density at radius 3 is 2.82 bits per heavy atom. The fourth-order valence-corrected chi connectivity index (χ4v) is 5.02. The molecular weight excluding hydrogens is 436 g/mol. The highest BCUT2D eigenvalue weighted by molar-refractivity contribution is 9.10. The van der Waals surface area contributed by atoms with Crippen molar-refractivity contribution in [3.8, 4) is 11.3 Å². The van der Waals surface area contributed by atoms with Gasteiger partial charge >= 0.3 is 0 Å². The van der Waals surface area contributed by atoms with Crippen molar-refractivity contribution in [3.05, 3.63) is 63.4 Å². The Hall–Kier alpha value is -2.51. The summed E-state index contributed by atoms with van der Waals surface area (Å²) >= 11 is 5.23. The molecule has 1 aliphatic carbocycles. The molecule has 3 aromatic heterocycles. The lowest BCUT2D eigenvalue weighted by molar-refractivity contribution is 0.575. The fraction of sp³-hybridized carbons (Fsp3) is 0.190. The minimum absolute atomic E-state index is 0.683. The number of aromatic nitrogens is 2. The highest BCUT2D eigenvalue weighted by Crippen LogP contribution is 2.38. The Kier molecular flexibility index (Phi) is 4.70. The van der Waals surface area contributed by atoms with Gasteiger partial charge in [-0.05, 0) is 55.5 Å². The first-order valence-corrected chi connectivity index (χ1v) is 10.8. The van der Waals surface area contributed by atoms with Gasteiger partial charge < -0.3 is 4.42 Å². The molecule has 0 bridgehead atoms. The van der Waals surface area contributed by atoms with E-state index >= 15 is 0 Å². The van der Waals surface area contributed by atoms with Crippen LogP contribution in [0, 0.1) is 0 Å². The van der Waals surface area contributed by atoms with Crippen molar-refractivity contribution in [2.45, 2.75) is 25.7 Å². The summed E-state index contributed by atoms with van der Waals surface area (Å²) in [5.74, 6) is 2.26. The van der Waals surface area contributed by atoms with Gasteiger partial charge in [0.1, 0.15) is 22.7 Å². The van der Waals surface area contributed by atoms with Crippen LogP contribution in [0.5, 0.6) is 0 Å². The lowest BCUT2D eigenvalue weighted by Crippen LogP contribution is -2.00. The molecule has 1 aromatic carbocycles. The van der Waals surface area contributed by atoms with Crippen LogP contribution >= 0.6 is 27.3 Å². The van der Waals surface area contributed by atoms with Gasteiger partial charge in [0.25, 0.3) is 0 Å². The molecule has 7 heteroatoms. The van der Waals surface area contributed by atoms with Crippen LogP contribution in [0.1, 0.15) is 29.0 Å². The lowest BCUT2D eigenvalue weighted by Gasteiger charge is -2.11. The average Bonchev–Trinajstić information content (AvgIpc) is 3.33. The summed E-state index contributed by atoms with van der Waals surface area (Å²) in [6, 6.07) is 11.9. The maximum Gasteiger partial charge on any atom is 0.158 e. The average molecular weight is 453 g/mol. The summed E-state index contributed by atoms with van der Waals surface area (Å²) in [6.07, 6.45) is 7.99.